The molecule has 5 heterocycles. The Bertz CT molecular complexity index is 2030. The van der Waals surface area contributed by atoms with Crippen LogP contribution < -0.4 is 20.1 Å². The van der Waals surface area contributed by atoms with E-state index < -0.39 is 77.8 Å². The fraction of sp³-hybridized carbons (Fsp3) is 0.469. The van der Waals surface area contributed by atoms with Gasteiger partial charge in [-0.2, -0.15) is 9.97 Å². The summed E-state index contributed by atoms with van der Waals surface area (Å²) < 4.78 is 124. The quantitative estimate of drug-likeness (QED) is 0.216. The number of alkyl halides is 3. The van der Waals surface area contributed by atoms with E-state index in [1.165, 1.54) is 24.4 Å². The topological polar surface area (TPSA) is 98.9 Å². The zero-order valence-electron chi connectivity index (χ0n) is 28.3. The molecule has 14 heteroatoms. The average molecular weight is 647 g/mol. The van der Waals surface area contributed by atoms with Crippen LogP contribution in [0.15, 0.2) is 30.5 Å². The lowest BCUT2D eigenvalue weighted by atomic mass is 9.95. The van der Waals surface area contributed by atoms with E-state index in [-0.39, 0.29) is 66.0 Å². The van der Waals surface area contributed by atoms with Crippen LogP contribution in [-0.4, -0.2) is 90.0 Å². The van der Waals surface area contributed by atoms with Crippen molar-refractivity contribution >= 4 is 33.2 Å². The van der Waals surface area contributed by atoms with Crippen molar-refractivity contribution < 1.29 is 41.6 Å². The number of nitrogens with two attached hydrogens (primary N) is 1. The van der Waals surface area contributed by atoms with Gasteiger partial charge in [-0.1, -0.05) is 6.07 Å². The summed E-state index contributed by atoms with van der Waals surface area (Å²) >= 11 is 0. The molecule has 0 bridgehead atoms. The lowest BCUT2D eigenvalue weighted by molar-refractivity contribution is 0.107. The highest BCUT2D eigenvalue weighted by atomic mass is 19.2. The van der Waals surface area contributed by atoms with Gasteiger partial charge in [-0.25, -0.2) is 22.0 Å². The molecule has 1 saturated carbocycles. The van der Waals surface area contributed by atoms with E-state index in [1.54, 1.807) is 9.80 Å². The largest absolute Gasteiger partial charge is 0.461 e. The number of benzene rings is 2. The van der Waals surface area contributed by atoms with Gasteiger partial charge in [0.2, 0.25) is 6.81 Å². The number of pyridine rings is 1. The molecule has 0 unspecified atom stereocenters. The third-order valence-electron chi connectivity index (χ3n) is 9.47. The van der Waals surface area contributed by atoms with Crippen LogP contribution >= 0.6 is 0 Å². The summed E-state index contributed by atoms with van der Waals surface area (Å²) in [5, 5.41) is -0.0639. The monoisotopic (exact) mass is 646 g/mol. The van der Waals surface area contributed by atoms with Gasteiger partial charge in [-0.05, 0) is 43.0 Å². The maximum atomic E-state index is 17.0. The van der Waals surface area contributed by atoms with Crippen LogP contribution in [0.2, 0.25) is 0 Å². The van der Waals surface area contributed by atoms with Crippen molar-refractivity contribution in [2.75, 3.05) is 56.9 Å². The highest BCUT2D eigenvalue weighted by molar-refractivity contribution is 6.04. The van der Waals surface area contributed by atoms with Crippen LogP contribution in [0.5, 0.6) is 11.8 Å². The third kappa shape index (κ3) is 4.67. The zero-order valence-corrected chi connectivity index (χ0v) is 24.3. The number of halogens is 5. The van der Waals surface area contributed by atoms with Gasteiger partial charge < -0.3 is 24.8 Å². The van der Waals surface area contributed by atoms with Crippen LogP contribution in [0, 0.1) is 17.6 Å². The standard InChI is InChI=1S/C32H31F5N6O3/c33-15-46-29-22(35)3-2-16-8-18(38)9-19(23(16)29)26-25(37)27-20(11-39-26)30(43-6-7-44-13-21-24(36)28(21)43)41-31(40-27)45-14-32-4-1-5-42(32)12-17(34)10-32/h2-3,8-9,11,17,21,24,28H,1,4-7,10,12-15,38H2/t17-,21+,24+,28+,32+/m1/s1/i14D2,15D2. The van der Waals surface area contributed by atoms with Crippen molar-refractivity contribution in [3.63, 3.8) is 0 Å². The van der Waals surface area contributed by atoms with Gasteiger partial charge >= 0.3 is 6.01 Å². The zero-order chi connectivity index (χ0) is 35.3. The fourth-order valence-corrected chi connectivity index (χ4v) is 7.32. The summed E-state index contributed by atoms with van der Waals surface area (Å²) in [6.45, 7) is -5.33. The summed E-state index contributed by atoms with van der Waals surface area (Å²) in [6, 6.07) is 3.54. The lowest BCUT2D eigenvalue weighted by Gasteiger charge is -2.31. The molecule has 242 valence electrons. The Morgan fingerprint density at radius 1 is 1.15 bits per heavy atom. The molecule has 2 aromatic carbocycles. The number of hydrogen-bond donors (Lipinski definition) is 1. The van der Waals surface area contributed by atoms with Crippen molar-refractivity contribution in [3.8, 4) is 23.0 Å². The van der Waals surface area contributed by atoms with Crippen molar-refractivity contribution in [3.05, 3.63) is 42.1 Å². The van der Waals surface area contributed by atoms with E-state index in [2.05, 4.69) is 15.0 Å². The van der Waals surface area contributed by atoms with Crippen LogP contribution in [0.25, 0.3) is 32.9 Å². The molecule has 4 aliphatic rings. The second kappa shape index (κ2) is 11.0. The van der Waals surface area contributed by atoms with Crippen molar-refractivity contribution in [1.82, 2.24) is 19.9 Å². The average Bonchev–Trinajstić information content (AvgIpc) is 3.39. The normalized spacial score (nSPS) is 29.5. The second-order valence-corrected chi connectivity index (χ2v) is 12.2. The number of ether oxygens (including phenoxy) is 3. The molecule has 9 nitrogen and oxygen atoms in total. The van der Waals surface area contributed by atoms with Gasteiger partial charge in [0.1, 0.15) is 38.7 Å². The number of nitrogen functional groups attached to an aromatic ring is 1. The van der Waals surface area contributed by atoms with E-state index >= 15 is 13.2 Å². The Morgan fingerprint density at radius 3 is 2.87 bits per heavy atom. The molecule has 3 saturated heterocycles. The minimum absolute atomic E-state index is 0.00749. The highest BCUT2D eigenvalue weighted by Gasteiger charge is 2.56. The molecule has 8 rings (SSSR count). The first-order valence-electron chi connectivity index (χ1n) is 17.0. The summed E-state index contributed by atoms with van der Waals surface area (Å²) in [5.74, 6) is -3.59. The first kappa shape index (κ1) is 25.1. The SMILES string of the molecule is [2H]C([2H])(F)Oc1c(F)ccc2cc(N)cc(-c3ncc4c(N5CCOC[C@H]6[C@H](F)[C@H]65)nc(OC([2H])([2H])[C@@]56CCCN5C[C@H](F)C6)nc4c3F)c12. The van der Waals surface area contributed by atoms with Crippen LogP contribution in [0.4, 0.5) is 33.5 Å². The van der Waals surface area contributed by atoms with Crippen LogP contribution in [0.1, 0.15) is 24.7 Å². The predicted molar refractivity (Wildman–Crippen MR) is 160 cm³/mol. The molecular formula is C32H31F5N6O3. The molecule has 46 heavy (non-hydrogen) atoms. The van der Waals surface area contributed by atoms with Crippen molar-refractivity contribution in [2.45, 2.75) is 43.2 Å². The van der Waals surface area contributed by atoms with E-state index in [4.69, 9.17) is 25.4 Å². The Labute approximate surface area is 266 Å². The third-order valence-corrected chi connectivity index (χ3v) is 9.47. The molecule has 3 aliphatic heterocycles. The van der Waals surface area contributed by atoms with E-state index in [0.29, 0.717) is 19.4 Å². The van der Waals surface area contributed by atoms with Gasteiger partial charge in [0.25, 0.3) is 0 Å². The molecule has 0 spiro atoms. The minimum Gasteiger partial charge on any atom is -0.461 e. The number of anilines is 2. The first-order chi connectivity index (χ1) is 23.7. The molecule has 5 atom stereocenters. The minimum atomic E-state index is -3.81. The van der Waals surface area contributed by atoms with Gasteiger partial charge in [0, 0.05) is 48.3 Å². The van der Waals surface area contributed by atoms with Gasteiger partial charge in [0.15, 0.2) is 17.4 Å². The number of rotatable bonds is 7. The summed E-state index contributed by atoms with van der Waals surface area (Å²) in [4.78, 5) is 16.3. The molecule has 2 N–H and O–H groups in total. The van der Waals surface area contributed by atoms with Crippen molar-refractivity contribution in [1.29, 1.82) is 0 Å². The maximum Gasteiger partial charge on any atom is 0.319 e. The number of fused-ring (bicyclic) bond motifs is 4. The number of aromatic nitrogens is 3. The van der Waals surface area contributed by atoms with Gasteiger partial charge in [-0.3, -0.25) is 9.88 Å². The molecule has 2 aromatic heterocycles. The van der Waals surface area contributed by atoms with Gasteiger partial charge in [0.05, 0.1) is 32.9 Å². The molecule has 1 aliphatic carbocycles. The van der Waals surface area contributed by atoms with E-state index in [0.717, 1.165) is 6.07 Å². The molecule has 4 fully saturated rings. The molecule has 0 radical (unpaired) electrons. The summed E-state index contributed by atoms with van der Waals surface area (Å²) in [7, 11) is 0. The Morgan fingerprint density at radius 2 is 2.02 bits per heavy atom. The molecule has 0 amide bonds. The Kier molecular flexibility index (Phi) is 6.03. The second-order valence-electron chi connectivity index (χ2n) is 12.2. The van der Waals surface area contributed by atoms with Gasteiger partial charge in [-0.15, -0.1) is 0 Å². The van der Waals surface area contributed by atoms with E-state index in [1.807, 2.05) is 0 Å². The fourth-order valence-electron chi connectivity index (χ4n) is 7.32. The first-order valence-corrected chi connectivity index (χ1v) is 15.0. The smallest absolute Gasteiger partial charge is 0.319 e. The number of nitrogens with zero attached hydrogens (tertiary/aromatic N) is 5. The summed E-state index contributed by atoms with van der Waals surface area (Å²) in [5.41, 5.74) is 3.79. The maximum absolute atomic E-state index is 17.0. The van der Waals surface area contributed by atoms with Crippen LogP contribution in [-0.2, 0) is 4.74 Å². The van der Waals surface area contributed by atoms with Crippen LogP contribution in [0.3, 0.4) is 0 Å². The Hall–Kier alpha value is -4.04. The summed E-state index contributed by atoms with van der Waals surface area (Å²) in [6.07, 6.45) is -0.549. The Balaban J connectivity index is 1.32. The molecule has 4 aromatic rings. The molecular weight excluding hydrogens is 611 g/mol. The van der Waals surface area contributed by atoms with E-state index in [9.17, 15) is 8.78 Å². The predicted octanol–water partition coefficient (Wildman–Crippen LogP) is 5.14. The highest BCUT2D eigenvalue weighted by Crippen LogP contribution is 2.46. The number of hydrogen-bond acceptors (Lipinski definition) is 9. The van der Waals surface area contributed by atoms with Crippen molar-refractivity contribution in [2.24, 2.45) is 5.92 Å². The lowest BCUT2D eigenvalue weighted by Crippen LogP contribution is -2.43.